The van der Waals surface area contributed by atoms with Gasteiger partial charge in [0, 0.05) is 25.3 Å². The summed E-state index contributed by atoms with van der Waals surface area (Å²) in [5.41, 5.74) is 2.41. The molecule has 0 fully saturated rings. The Morgan fingerprint density at radius 3 is 2.67 bits per heavy atom. The van der Waals surface area contributed by atoms with Crippen molar-refractivity contribution in [1.29, 1.82) is 0 Å². The predicted octanol–water partition coefficient (Wildman–Crippen LogP) is 3.71. The van der Waals surface area contributed by atoms with Crippen LogP contribution < -0.4 is 15.0 Å². The van der Waals surface area contributed by atoms with Gasteiger partial charge in [-0.1, -0.05) is 25.1 Å². The number of ether oxygens (including phenoxy) is 1. The fraction of sp³-hybridized carbons (Fsp3) is 0.294. The van der Waals surface area contributed by atoms with E-state index in [9.17, 15) is 4.39 Å². The molecule has 0 aliphatic heterocycles. The Morgan fingerprint density at radius 2 is 1.95 bits per heavy atom. The number of hydrogen-bond donors (Lipinski definition) is 1. The summed E-state index contributed by atoms with van der Waals surface area (Å²) in [6, 6.07) is 12.8. The summed E-state index contributed by atoms with van der Waals surface area (Å²) in [5.74, 6) is 0.527. The predicted molar refractivity (Wildman–Crippen MR) is 84.8 cm³/mol. The average Bonchev–Trinajstić information content (AvgIpc) is 2.52. The van der Waals surface area contributed by atoms with Gasteiger partial charge in [0.15, 0.2) is 0 Å². The lowest BCUT2D eigenvalue weighted by Crippen LogP contribution is -2.18. The Kier molecular flexibility index (Phi) is 5.17. The highest BCUT2D eigenvalue weighted by atomic mass is 19.1. The SMILES string of the molecule is CCNCc1cccc(F)c1N(C)c1cccc(OC)c1. The number of hydrogen-bond acceptors (Lipinski definition) is 3. The van der Waals surface area contributed by atoms with Crippen molar-refractivity contribution in [1.82, 2.24) is 5.32 Å². The van der Waals surface area contributed by atoms with Crippen LogP contribution in [0.4, 0.5) is 15.8 Å². The molecule has 0 radical (unpaired) electrons. The van der Waals surface area contributed by atoms with Crippen LogP contribution in [0.25, 0.3) is 0 Å². The van der Waals surface area contributed by atoms with Crippen LogP contribution >= 0.6 is 0 Å². The molecule has 0 aromatic heterocycles. The Bertz CT molecular complexity index is 601. The Hall–Kier alpha value is -2.07. The third kappa shape index (κ3) is 3.52. The summed E-state index contributed by atoms with van der Waals surface area (Å²) in [5, 5.41) is 3.24. The van der Waals surface area contributed by atoms with Gasteiger partial charge in [-0.05, 0) is 30.3 Å². The van der Waals surface area contributed by atoms with Gasteiger partial charge in [-0.15, -0.1) is 0 Å². The van der Waals surface area contributed by atoms with Crippen molar-refractivity contribution in [3.63, 3.8) is 0 Å². The minimum absolute atomic E-state index is 0.226. The highest BCUT2D eigenvalue weighted by Crippen LogP contribution is 2.31. The van der Waals surface area contributed by atoms with E-state index >= 15 is 0 Å². The molecule has 0 heterocycles. The van der Waals surface area contributed by atoms with Crippen molar-refractivity contribution in [2.75, 3.05) is 25.6 Å². The molecule has 21 heavy (non-hydrogen) atoms. The van der Waals surface area contributed by atoms with Gasteiger partial charge in [0.25, 0.3) is 0 Å². The Morgan fingerprint density at radius 1 is 1.19 bits per heavy atom. The van der Waals surface area contributed by atoms with Crippen molar-refractivity contribution in [2.24, 2.45) is 0 Å². The smallest absolute Gasteiger partial charge is 0.147 e. The van der Waals surface area contributed by atoms with Crippen molar-refractivity contribution in [3.05, 3.63) is 53.8 Å². The maximum atomic E-state index is 14.3. The summed E-state index contributed by atoms with van der Waals surface area (Å²) in [6.07, 6.45) is 0. The Balaban J connectivity index is 2.39. The van der Waals surface area contributed by atoms with Gasteiger partial charge in [0.2, 0.25) is 0 Å². The quantitative estimate of drug-likeness (QED) is 0.877. The molecule has 2 aromatic carbocycles. The maximum absolute atomic E-state index is 14.3. The first-order chi connectivity index (χ1) is 10.2. The zero-order valence-electron chi connectivity index (χ0n) is 12.7. The van der Waals surface area contributed by atoms with Crippen LogP contribution in [0, 0.1) is 5.82 Å². The minimum atomic E-state index is -0.226. The molecule has 0 spiro atoms. The number of methoxy groups -OCH3 is 1. The molecule has 0 atom stereocenters. The molecule has 0 bridgehead atoms. The molecule has 0 aliphatic carbocycles. The summed E-state index contributed by atoms with van der Waals surface area (Å²) in [4.78, 5) is 1.85. The fourth-order valence-electron chi connectivity index (χ4n) is 2.29. The number of benzene rings is 2. The lowest BCUT2D eigenvalue weighted by molar-refractivity contribution is 0.415. The summed E-state index contributed by atoms with van der Waals surface area (Å²) in [6.45, 7) is 3.52. The summed E-state index contributed by atoms with van der Waals surface area (Å²) < 4.78 is 19.5. The molecule has 0 aliphatic rings. The first-order valence-electron chi connectivity index (χ1n) is 7.03. The molecule has 2 rings (SSSR count). The zero-order valence-corrected chi connectivity index (χ0v) is 12.7. The topological polar surface area (TPSA) is 24.5 Å². The molecule has 2 aromatic rings. The van der Waals surface area contributed by atoms with E-state index in [2.05, 4.69) is 5.32 Å². The summed E-state index contributed by atoms with van der Waals surface area (Å²) >= 11 is 0. The van der Waals surface area contributed by atoms with E-state index in [1.807, 2.05) is 49.2 Å². The molecule has 112 valence electrons. The number of para-hydroxylation sites is 1. The average molecular weight is 288 g/mol. The molecule has 0 saturated carbocycles. The van der Waals surface area contributed by atoms with Gasteiger partial charge < -0.3 is 15.0 Å². The first kappa shape index (κ1) is 15.3. The van der Waals surface area contributed by atoms with Gasteiger partial charge in [0.1, 0.15) is 11.6 Å². The molecular formula is C17H21FN2O. The van der Waals surface area contributed by atoms with Crippen molar-refractivity contribution >= 4 is 11.4 Å². The van der Waals surface area contributed by atoms with Crippen molar-refractivity contribution in [2.45, 2.75) is 13.5 Å². The second kappa shape index (κ2) is 7.09. The van der Waals surface area contributed by atoms with Crippen LogP contribution in [0.15, 0.2) is 42.5 Å². The molecular weight excluding hydrogens is 267 g/mol. The molecule has 4 heteroatoms. The van der Waals surface area contributed by atoms with Gasteiger partial charge in [-0.25, -0.2) is 4.39 Å². The highest BCUT2D eigenvalue weighted by Gasteiger charge is 2.14. The number of rotatable bonds is 6. The van der Waals surface area contributed by atoms with Crippen LogP contribution in [0.2, 0.25) is 0 Å². The molecule has 0 unspecified atom stereocenters. The lowest BCUT2D eigenvalue weighted by atomic mass is 10.1. The van der Waals surface area contributed by atoms with Crippen molar-refractivity contribution in [3.8, 4) is 5.75 Å². The van der Waals surface area contributed by atoms with E-state index in [0.29, 0.717) is 12.2 Å². The third-order valence-electron chi connectivity index (χ3n) is 3.41. The number of halogens is 1. The lowest BCUT2D eigenvalue weighted by Gasteiger charge is -2.24. The van der Waals surface area contributed by atoms with E-state index in [1.165, 1.54) is 6.07 Å². The molecule has 0 saturated heterocycles. The third-order valence-corrected chi connectivity index (χ3v) is 3.41. The molecule has 3 nitrogen and oxygen atoms in total. The normalized spacial score (nSPS) is 10.5. The maximum Gasteiger partial charge on any atom is 0.147 e. The monoisotopic (exact) mass is 288 g/mol. The van der Waals surface area contributed by atoms with E-state index in [1.54, 1.807) is 13.2 Å². The first-order valence-corrected chi connectivity index (χ1v) is 7.03. The second-order valence-corrected chi connectivity index (χ2v) is 4.79. The zero-order chi connectivity index (χ0) is 15.2. The van der Waals surface area contributed by atoms with Crippen LogP contribution in [0.1, 0.15) is 12.5 Å². The number of nitrogens with one attached hydrogen (secondary N) is 1. The Labute approximate surface area is 125 Å². The van der Waals surface area contributed by atoms with E-state index in [0.717, 1.165) is 23.5 Å². The standard InChI is InChI=1S/C17H21FN2O/c1-4-19-12-13-7-5-10-16(18)17(13)20(2)14-8-6-9-15(11-14)21-3/h5-11,19H,4,12H2,1-3H3. The highest BCUT2D eigenvalue weighted by molar-refractivity contribution is 5.67. The van der Waals surface area contributed by atoms with Crippen LogP contribution in [0.5, 0.6) is 5.75 Å². The second-order valence-electron chi connectivity index (χ2n) is 4.79. The largest absolute Gasteiger partial charge is 0.497 e. The van der Waals surface area contributed by atoms with Crippen LogP contribution in [0.3, 0.4) is 0 Å². The van der Waals surface area contributed by atoms with E-state index < -0.39 is 0 Å². The van der Waals surface area contributed by atoms with Gasteiger partial charge in [-0.3, -0.25) is 0 Å². The van der Waals surface area contributed by atoms with Gasteiger partial charge >= 0.3 is 0 Å². The number of nitrogens with zero attached hydrogens (tertiary/aromatic N) is 1. The van der Waals surface area contributed by atoms with E-state index in [4.69, 9.17) is 4.74 Å². The van der Waals surface area contributed by atoms with Crippen molar-refractivity contribution < 1.29 is 9.13 Å². The molecule has 1 N–H and O–H groups in total. The summed E-state index contributed by atoms with van der Waals surface area (Å²) in [7, 11) is 3.49. The molecule has 0 amide bonds. The van der Waals surface area contributed by atoms with E-state index in [-0.39, 0.29) is 5.82 Å². The van der Waals surface area contributed by atoms with Crippen LogP contribution in [-0.4, -0.2) is 20.7 Å². The van der Waals surface area contributed by atoms with Crippen LogP contribution in [-0.2, 0) is 6.54 Å². The fourth-order valence-corrected chi connectivity index (χ4v) is 2.29. The van der Waals surface area contributed by atoms with Gasteiger partial charge in [-0.2, -0.15) is 0 Å². The minimum Gasteiger partial charge on any atom is -0.497 e. The number of anilines is 2. The van der Waals surface area contributed by atoms with Gasteiger partial charge in [0.05, 0.1) is 12.8 Å².